The molecule has 0 saturated heterocycles. The van der Waals surface area contributed by atoms with E-state index >= 15 is 0 Å². The molecule has 2 aromatic carbocycles. The van der Waals surface area contributed by atoms with Crippen molar-refractivity contribution in [2.75, 3.05) is 5.32 Å². The van der Waals surface area contributed by atoms with Crippen molar-refractivity contribution in [1.29, 1.82) is 0 Å². The molecule has 0 heterocycles. The monoisotopic (exact) mass is 299 g/mol. The quantitative estimate of drug-likeness (QED) is 0.785. The van der Waals surface area contributed by atoms with Gasteiger partial charge in [-0.2, -0.15) is 0 Å². The van der Waals surface area contributed by atoms with E-state index < -0.39 is 0 Å². The van der Waals surface area contributed by atoms with Crippen LogP contribution in [0.3, 0.4) is 0 Å². The topological polar surface area (TPSA) is 29.1 Å². The SMILES string of the molecule is O=C(Nc1ccccc1)c1ccc(Cl)c(Cl)c1Cl. The van der Waals surface area contributed by atoms with Crippen molar-refractivity contribution in [2.45, 2.75) is 0 Å². The fourth-order valence-corrected chi connectivity index (χ4v) is 2.04. The lowest BCUT2D eigenvalue weighted by Gasteiger charge is -2.08. The Labute approximate surface area is 119 Å². The van der Waals surface area contributed by atoms with E-state index in [1.54, 1.807) is 12.1 Å². The molecule has 1 N–H and O–H groups in total. The van der Waals surface area contributed by atoms with Gasteiger partial charge in [0.1, 0.15) is 0 Å². The van der Waals surface area contributed by atoms with Gasteiger partial charge in [-0.1, -0.05) is 53.0 Å². The van der Waals surface area contributed by atoms with Crippen LogP contribution in [0.15, 0.2) is 42.5 Å². The molecule has 5 heteroatoms. The van der Waals surface area contributed by atoms with Gasteiger partial charge in [0.2, 0.25) is 0 Å². The van der Waals surface area contributed by atoms with E-state index in [1.165, 1.54) is 12.1 Å². The number of carbonyl (C=O) groups is 1. The Morgan fingerprint density at radius 1 is 0.889 bits per heavy atom. The molecule has 0 bridgehead atoms. The van der Waals surface area contributed by atoms with Crippen LogP contribution in [0, 0.1) is 0 Å². The first-order valence-corrected chi connectivity index (χ1v) is 6.23. The number of rotatable bonds is 2. The van der Waals surface area contributed by atoms with Crippen LogP contribution in [0.25, 0.3) is 0 Å². The number of carbonyl (C=O) groups excluding carboxylic acids is 1. The maximum atomic E-state index is 12.0. The minimum absolute atomic E-state index is 0.151. The van der Waals surface area contributed by atoms with Crippen LogP contribution >= 0.6 is 34.8 Å². The molecule has 0 aromatic heterocycles. The minimum atomic E-state index is -0.329. The Bertz CT molecular complexity index is 584. The van der Waals surface area contributed by atoms with Crippen molar-refractivity contribution in [3.63, 3.8) is 0 Å². The second-order valence-electron chi connectivity index (χ2n) is 3.54. The van der Waals surface area contributed by atoms with E-state index in [9.17, 15) is 4.79 Å². The third-order valence-electron chi connectivity index (χ3n) is 2.31. The highest BCUT2D eigenvalue weighted by atomic mass is 35.5. The molecule has 92 valence electrons. The van der Waals surface area contributed by atoms with Gasteiger partial charge in [-0.25, -0.2) is 0 Å². The van der Waals surface area contributed by atoms with Crippen molar-refractivity contribution in [1.82, 2.24) is 0 Å². The second-order valence-corrected chi connectivity index (χ2v) is 4.71. The average molecular weight is 301 g/mol. The van der Waals surface area contributed by atoms with Crippen LogP contribution in [0.4, 0.5) is 5.69 Å². The summed E-state index contributed by atoms with van der Waals surface area (Å²) in [5, 5.41) is 3.37. The van der Waals surface area contributed by atoms with Gasteiger partial charge in [-0.15, -0.1) is 0 Å². The van der Waals surface area contributed by atoms with Crippen molar-refractivity contribution in [3.05, 3.63) is 63.1 Å². The van der Waals surface area contributed by atoms with Crippen molar-refractivity contribution in [3.8, 4) is 0 Å². The highest BCUT2D eigenvalue weighted by molar-refractivity contribution is 6.49. The fourth-order valence-electron chi connectivity index (χ4n) is 1.42. The number of nitrogens with one attached hydrogen (secondary N) is 1. The van der Waals surface area contributed by atoms with Crippen LogP contribution in [0.2, 0.25) is 15.1 Å². The zero-order valence-corrected chi connectivity index (χ0v) is 11.4. The van der Waals surface area contributed by atoms with E-state index in [0.717, 1.165) is 0 Å². The van der Waals surface area contributed by atoms with E-state index in [4.69, 9.17) is 34.8 Å². The normalized spacial score (nSPS) is 10.2. The standard InChI is InChI=1S/C13H8Cl3NO/c14-10-7-6-9(11(15)12(10)16)13(18)17-8-4-2-1-3-5-8/h1-7H,(H,17,18). The first-order valence-electron chi connectivity index (χ1n) is 5.09. The summed E-state index contributed by atoms with van der Waals surface area (Å²) in [7, 11) is 0. The Hall–Kier alpha value is -1.22. The summed E-state index contributed by atoms with van der Waals surface area (Å²) in [4.78, 5) is 12.0. The number of para-hydroxylation sites is 1. The smallest absolute Gasteiger partial charge is 0.257 e. The Balaban J connectivity index is 2.28. The third kappa shape index (κ3) is 2.78. The molecule has 2 rings (SSSR count). The number of hydrogen-bond acceptors (Lipinski definition) is 1. The molecule has 0 fully saturated rings. The van der Waals surface area contributed by atoms with Crippen molar-refractivity contribution >= 4 is 46.4 Å². The minimum Gasteiger partial charge on any atom is -0.322 e. The van der Waals surface area contributed by atoms with Gasteiger partial charge in [0.05, 0.1) is 20.6 Å². The highest BCUT2D eigenvalue weighted by Gasteiger charge is 2.15. The molecule has 2 aromatic rings. The van der Waals surface area contributed by atoms with Gasteiger partial charge in [-0.3, -0.25) is 4.79 Å². The largest absolute Gasteiger partial charge is 0.322 e. The lowest BCUT2D eigenvalue weighted by molar-refractivity contribution is 0.102. The lowest BCUT2D eigenvalue weighted by Crippen LogP contribution is -2.12. The molecule has 0 radical (unpaired) electrons. The molecule has 18 heavy (non-hydrogen) atoms. The molecule has 0 unspecified atom stereocenters. The molecular formula is C13H8Cl3NO. The predicted octanol–water partition coefficient (Wildman–Crippen LogP) is 4.90. The van der Waals surface area contributed by atoms with E-state index in [1.807, 2.05) is 18.2 Å². The molecule has 0 spiro atoms. The first kappa shape index (κ1) is 13.2. The van der Waals surface area contributed by atoms with E-state index in [0.29, 0.717) is 10.7 Å². The van der Waals surface area contributed by atoms with Gasteiger partial charge in [0.15, 0.2) is 0 Å². The van der Waals surface area contributed by atoms with Gasteiger partial charge < -0.3 is 5.32 Å². The maximum absolute atomic E-state index is 12.0. The number of anilines is 1. The van der Waals surface area contributed by atoms with Crippen LogP contribution in [0.1, 0.15) is 10.4 Å². The Morgan fingerprint density at radius 3 is 2.22 bits per heavy atom. The second kappa shape index (κ2) is 5.61. The van der Waals surface area contributed by atoms with Gasteiger partial charge in [0, 0.05) is 5.69 Å². The van der Waals surface area contributed by atoms with Crippen molar-refractivity contribution < 1.29 is 4.79 Å². The van der Waals surface area contributed by atoms with Gasteiger partial charge in [-0.05, 0) is 24.3 Å². The van der Waals surface area contributed by atoms with Crippen LogP contribution < -0.4 is 5.32 Å². The Kier molecular flexibility index (Phi) is 4.12. The molecule has 2 nitrogen and oxygen atoms in total. The number of amides is 1. The molecule has 0 aliphatic rings. The predicted molar refractivity (Wildman–Crippen MR) is 75.9 cm³/mol. The van der Waals surface area contributed by atoms with E-state index in [-0.39, 0.29) is 21.5 Å². The lowest BCUT2D eigenvalue weighted by atomic mass is 10.2. The van der Waals surface area contributed by atoms with Crippen LogP contribution in [0.5, 0.6) is 0 Å². The summed E-state index contributed by atoms with van der Waals surface area (Å²) >= 11 is 17.7. The molecule has 0 aliphatic carbocycles. The molecule has 1 amide bonds. The molecule has 0 atom stereocenters. The highest BCUT2D eigenvalue weighted by Crippen LogP contribution is 2.32. The summed E-state index contributed by atoms with van der Waals surface area (Å²) in [5.74, 6) is -0.329. The van der Waals surface area contributed by atoms with Gasteiger partial charge in [0.25, 0.3) is 5.91 Å². The zero-order chi connectivity index (χ0) is 13.1. The summed E-state index contributed by atoms with van der Waals surface area (Å²) in [6.07, 6.45) is 0. The van der Waals surface area contributed by atoms with Crippen molar-refractivity contribution in [2.24, 2.45) is 0 Å². The summed E-state index contributed by atoms with van der Waals surface area (Å²) in [6, 6.07) is 12.1. The maximum Gasteiger partial charge on any atom is 0.257 e. The number of benzene rings is 2. The van der Waals surface area contributed by atoms with E-state index in [2.05, 4.69) is 5.32 Å². The Morgan fingerprint density at radius 2 is 1.56 bits per heavy atom. The molecule has 0 aliphatic heterocycles. The molecular weight excluding hydrogens is 293 g/mol. The zero-order valence-electron chi connectivity index (χ0n) is 9.08. The molecule has 0 saturated carbocycles. The van der Waals surface area contributed by atoms with Crippen LogP contribution in [-0.4, -0.2) is 5.91 Å². The fraction of sp³-hybridized carbons (Fsp3) is 0. The average Bonchev–Trinajstić information content (AvgIpc) is 2.37. The third-order valence-corrected chi connectivity index (χ3v) is 3.61. The summed E-state index contributed by atoms with van der Waals surface area (Å²) in [6.45, 7) is 0. The van der Waals surface area contributed by atoms with Gasteiger partial charge >= 0.3 is 0 Å². The summed E-state index contributed by atoms with van der Waals surface area (Å²) < 4.78 is 0. The number of halogens is 3. The number of hydrogen-bond donors (Lipinski definition) is 1. The summed E-state index contributed by atoms with van der Waals surface area (Å²) in [5.41, 5.74) is 0.972. The van der Waals surface area contributed by atoms with Crippen LogP contribution in [-0.2, 0) is 0 Å². The first-order chi connectivity index (χ1) is 8.59.